The molecule has 60 heteroatoms. The first-order valence-electron chi connectivity index (χ1n) is 23.5. The Morgan fingerprint density at radius 1 is 0.359 bits per heavy atom. The number of ether oxygens (including phenoxy) is 10. The van der Waals surface area contributed by atoms with Gasteiger partial charge in [-0.25, -0.2) is 30.5 Å². The Morgan fingerprint density at radius 2 is 0.707 bits per heavy atom. The molecule has 5 heterocycles. The zero-order valence-electron chi connectivity index (χ0n) is 43.9. The molecule has 0 amide bonds. The number of carboxylic acids is 2. The molecule has 25 atom stereocenters. The molecule has 0 aromatic heterocycles. The van der Waals surface area contributed by atoms with Gasteiger partial charge in [0.15, 0.2) is 49.8 Å². The Kier molecular flexibility index (Phi) is 27.5. The highest BCUT2D eigenvalue weighted by atomic mass is 32.3. The number of nitrogens with one attached hydrogen (secondary N) is 3. The highest BCUT2D eigenvalue weighted by molar-refractivity contribution is 7.84. The SMILES string of the molecule is C.CO[C@H]1O[C@H](COS(=O)(=O)O)[C@@H](O[C@@H]2O[C@@H](C(=O)O)[C@@H](O[C@H]3O[C@H](COS(=O)(=O)O)[C@@H](O[C@@H]4O[C@H](C(=O)O)[C@@H](O[C@H]5O[C@H](COS(=O)(=O)O)[C@@H](O)[C@H](O)[C@H]5NS(=O)(=O)O)[C@H](O)[C@H]4O)[C@H](OS(=O)(=O)O)[C@H]3NS(=O)(=O)O)[C@H](O)[C@H]2OS(=O)(=O)O)[C@H](O)[C@H]1NS(=O)(=O)O. The molecule has 5 saturated heterocycles. The summed E-state index contributed by atoms with van der Waals surface area (Å²) in [5.41, 5.74) is 0. The molecule has 52 nitrogen and oxygen atoms in total. The van der Waals surface area contributed by atoms with Gasteiger partial charge in [-0.05, 0) is 0 Å². The lowest BCUT2D eigenvalue weighted by Gasteiger charge is -2.50. The van der Waals surface area contributed by atoms with E-state index in [1.165, 1.54) is 9.44 Å². The van der Waals surface area contributed by atoms with Crippen LogP contribution < -0.4 is 14.2 Å². The average Bonchev–Trinajstić information content (AvgIpc) is 0.774. The van der Waals surface area contributed by atoms with E-state index in [1.54, 1.807) is 0 Å². The number of carbonyl (C=O) groups is 2. The molecule has 0 spiro atoms. The Bertz CT molecular complexity index is 3490. The lowest BCUT2D eigenvalue weighted by molar-refractivity contribution is -0.373. The molecule has 19 N–H and O–H groups in total. The third-order valence-corrected chi connectivity index (χ3v) is 16.4. The second kappa shape index (κ2) is 31.0. The molecule has 92 heavy (non-hydrogen) atoms. The summed E-state index contributed by atoms with van der Waals surface area (Å²) >= 11 is 0. The molecule has 0 aromatic rings. The van der Waals surface area contributed by atoms with Gasteiger partial charge in [-0.15, -0.1) is 0 Å². The molecular weight excluding hydrogens is 1470 g/mol. The number of hydrogen-bond acceptors (Lipinski definition) is 39. The van der Waals surface area contributed by atoms with Crippen molar-refractivity contribution < 1.29 is 222 Å². The van der Waals surface area contributed by atoms with Gasteiger partial charge in [0.1, 0.15) is 104 Å². The Morgan fingerprint density at radius 3 is 1.13 bits per heavy atom. The smallest absolute Gasteiger partial charge is 0.397 e. The van der Waals surface area contributed by atoms with Crippen LogP contribution in [0.4, 0.5) is 0 Å². The molecule has 5 rings (SSSR count). The molecule has 5 aliphatic heterocycles. The number of aliphatic carboxylic acids is 2. The topological polar surface area (TPSA) is 805 Å². The van der Waals surface area contributed by atoms with E-state index in [-0.39, 0.29) is 7.43 Å². The molecule has 0 bridgehead atoms. The van der Waals surface area contributed by atoms with Crippen LogP contribution in [0.1, 0.15) is 7.43 Å². The quantitative estimate of drug-likeness (QED) is 0.0297. The van der Waals surface area contributed by atoms with Crippen LogP contribution in [-0.4, -0.2) is 337 Å². The minimum Gasteiger partial charge on any atom is -0.479 e. The Hall–Kier alpha value is -2.74. The van der Waals surface area contributed by atoms with E-state index in [1.807, 2.05) is 0 Å². The average molecular weight is 1520 g/mol. The van der Waals surface area contributed by atoms with E-state index in [0.717, 1.165) is 11.8 Å². The maximum Gasteiger partial charge on any atom is 0.397 e. The van der Waals surface area contributed by atoms with Gasteiger partial charge in [-0.1, -0.05) is 7.43 Å². The normalized spacial score (nSPS) is 38.2. The summed E-state index contributed by atoms with van der Waals surface area (Å²) in [6.45, 7) is -5.06. The van der Waals surface area contributed by atoms with E-state index >= 15 is 0 Å². The number of aliphatic hydroxyl groups excluding tert-OH is 6. The van der Waals surface area contributed by atoms with Crippen LogP contribution >= 0.6 is 0 Å². The van der Waals surface area contributed by atoms with Crippen molar-refractivity contribution in [3.63, 3.8) is 0 Å². The van der Waals surface area contributed by atoms with Crippen molar-refractivity contribution in [2.24, 2.45) is 0 Å². The van der Waals surface area contributed by atoms with Crippen molar-refractivity contribution in [2.75, 3.05) is 26.9 Å². The number of carboxylic acid groups (broad SMARTS) is 2. The van der Waals surface area contributed by atoms with E-state index in [2.05, 4.69) is 20.9 Å². The number of rotatable bonds is 30. The van der Waals surface area contributed by atoms with Gasteiger partial charge >= 0.3 is 94.8 Å². The second-order valence-corrected chi connectivity index (χ2v) is 27.6. The highest BCUT2D eigenvalue weighted by Gasteiger charge is 2.61. The van der Waals surface area contributed by atoms with Crippen molar-refractivity contribution in [1.29, 1.82) is 0 Å². The summed E-state index contributed by atoms with van der Waals surface area (Å²) in [5.74, 6) is -4.91. The van der Waals surface area contributed by atoms with E-state index in [4.69, 9.17) is 51.9 Å². The lowest BCUT2D eigenvalue weighted by atomic mass is 9.94. The summed E-state index contributed by atoms with van der Waals surface area (Å²) in [4.78, 5) is 25.8. The maximum atomic E-state index is 13.0. The third kappa shape index (κ3) is 23.5. The number of hydrogen-bond donors (Lipinski definition) is 19. The number of aliphatic hydroxyl groups is 6. The summed E-state index contributed by atoms with van der Waals surface area (Å²) in [6, 6.07) is -8.17. The molecule has 0 aliphatic carbocycles. The molecule has 0 saturated carbocycles. The van der Waals surface area contributed by atoms with Crippen LogP contribution in [0.15, 0.2) is 0 Å². The van der Waals surface area contributed by atoms with Crippen LogP contribution in [0.3, 0.4) is 0 Å². The van der Waals surface area contributed by atoms with Gasteiger partial charge in [-0.3, -0.25) is 36.4 Å². The fraction of sp³-hybridized carbons (Fsp3) is 0.938. The monoisotopic (exact) mass is 1520 g/mol. The molecule has 0 unspecified atom stereocenters. The van der Waals surface area contributed by atoms with Crippen molar-refractivity contribution in [3.05, 3.63) is 0 Å². The number of methoxy groups -OCH3 is 1. The summed E-state index contributed by atoms with van der Waals surface area (Å²) in [7, 11) is -45.9. The molecule has 542 valence electrons. The van der Waals surface area contributed by atoms with Crippen molar-refractivity contribution in [2.45, 2.75) is 161 Å². The highest BCUT2D eigenvalue weighted by Crippen LogP contribution is 2.39. The minimum atomic E-state index is -6.36. The fourth-order valence-electron chi connectivity index (χ4n) is 8.98. The first-order valence-corrected chi connectivity index (χ1v) is 34.7. The van der Waals surface area contributed by atoms with E-state index in [9.17, 15) is 150 Å². The first kappa shape index (κ1) is 81.7. The summed E-state index contributed by atoms with van der Waals surface area (Å²) in [6.07, 6.45) is -63.6. The maximum absolute atomic E-state index is 13.0. The predicted octanol–water partition coefficient (Wildman–Crippen LogP) is -13.1. The van der Waals surface area contributed by atoms with Crippen LogP contribution in [-0.2, 0) is 161 Å². The molecule has 0 radical (unpaired) electrons. The second-order valence-electron chi connectivity index (χ2n) is 18.7. The van der Waals surface area contributed by atoms with Gasteiger partial charge in [0.25, 0.3) is 0 Å². The van der Waals surface area contributed by atoms with Crippen LogP contribution in [0.5, 0.6) is 0 Å². The third-order valence-electron chi connectivity index (χ3n) is 12.4. The van der Waals surface area contributed by atoms with Gasteiger partial charge in [-0.2, -0.15) is 81.5 Å². The van der Waals surface area contributed by atoms with Gasteiger partial charge in [0.05, 0.1) is 19.8 Å². The summed E-state index contributed by atoms with van der Waals surface area (Å²) in [5, 5.41) is 87.8. The Balaban J connectivity index is 0.0000180. The van der Waals surface area contributed by atoms with Gasteiger partial charge in [0, 0.05) is 7.11 Å². The van der Waals surface area contributed by atoms with Gasteiger partial charge < -0.3 is 88.2 Å². The zero-order valence-corrected chi connectivity index (χ0v) is 50.5. The predicted molar refractivity (Wildman–Crippen MR) is 269 cm³/mol. The van der Waals surface area contributed by atoms with E-state index < -0.39 is 268 Å². The van der Waals surface area contributed by atoms with Gasteiger partial charge in [0.2, 0.25) is 0 Å². The van der Waals surface area contributed by atoms with Crippen molar-refractivity contribution in [1.82, 2.24) is 14.2 Å². The van der Waals surface area contributed by atoms with Crippen molar-refractivity contribution in [3.8, 4) is 0 Å². The van der Waals surface area contributed by atoms with Crippen LogP contribution in [0, 0.1) is 0 Å². The summed E-state index contributed by atoms with van der Waals surface area (Å²) < 4.78 is 346. The zero-order chi connectivity index (χ0) is 69.4. The Labute approximate surface area is 517 Å². The first-order chi connectivity index (χ1) is 41.2. The molecule has 0 aromatic carbocycles. The molecule has 5 fully saturated rings. The fourth-order valence-corrected chi connectivity index (χ4v) is 12.7. The molecular formula is C32H57N3O49S8. The van der Waals surface area contributed by atoms with E-state index in [0.29, 0.717) is 0 Å². The lowest BCUT2D eigenvalue weighted by Crippen LogP contribution is -2.71. The standard InChI is InChI=1S/C31H53N3O49S8.CH4/c1-69-27-9(33-85(48,49)50)13(37)17(6(74-27)3-71-88(57,58)59)76-31-22(83-91(66,67)68)16(40)21(24(81-31)26(43)44)79-29-10(34-86(51,52)53)19(82-90(63,64)65)18(7(75-29)4-72-89(60,61)62)77-30-15(39)14(38)20(23(80-30)25(41)42)78-28-8(32-84(45,46)47)12(36)11(35)5(73-28)2-70-87(54,55)56;/h5-24,27-40H,2-4H2,1H3,(H,41,42)(H,43,44)(H,45,46,47)(H,48,49,50)(H,51,52,53)(H,54,55,56)(H,57,58,59)(H,60,61,62)(H,63,64,65)(H,66,67,68);1H4/t5-,6-,7-,8-,9-,10-,11-,12-,13-,14-,15-,16+,17-,18-,19-,20+,21+,22-,23+,24-,27+,28-,29-,30-,31-;/m1./s1. The minimum absolute atomic E-state index is 0. The van der Waals surface area contributed by atoms with Crippen LogP contribution in [0.25, 0.3) is 0 Å². The largest absolute Gasteiger partial charge is 0.479 e. The van der Waals surface area contributed by atoms with Crippen molar-refractivity contribution >= 4 is 94.8 Å². The van der Waals surface area contributed by atoms with Crippen LogP contribution in [0.2, 0.25) is 0 Å². The molecule has 5 aliphatic rings.